The molecule has 1 rings (SSSR count). The van der Waals surface area contributed by atoms with Crippen LogP contribution in [-0.2, 0) is 0 Å². The number of thioether (sulfide) groups is 1. The minimum Gasteiger partial charge on any atom is -0.327 e. The Bertz CT molecular complexity index is 258. The maximum absolute atomic E-state index is 6.01. The first kappa shape index (κ1) is 13.0. The van der Waals surface area contributed by atoms with Crippen LogP contribution in [0.5, 0.6) is 0 Å². The highest BCUT2D eigenvalue weighted by Crippen LogP contribution is 2.32. The van der Waals surface area contributed by atoms with Crippen molar-refractivity contribution in [2.24, 2.45) is 5.73 Å². The molecule has 0 aliphatic heterocycles. The van der Waals surface area contributed by atoms with Gasteiger partial charge >= 0.3 is 0 Å². The van der Waals surface area contributed by atoms with Crippen LogP contribution in [0.4, 0.5) is 0 Å². The van der Waals surface area contributed by atoms with Crippen molar-refractivity contribution in [2.45, 2.75) is 18.2 Å². The number of rotatable bonds is 6. The van der Waals surface area contributed by atoms with Crippen molar-refractivity contribution in [3.63, 3.8) is 0 Å². The van der Waals surface area contributed by atoms with E-state index in [2.05, 4.69) is 42.7 Å². The average Bonchev–Trinajstić information content (AvgIpc) is 2.63. The zero-order chi connectivity index (χ0) is 11.3. The summed E-state index contributed by atoms with van der Waals surface area (Å²) in [5.41, 5.74) is 7.39. The summed E-state index contributed by atoms with van der Waals surface area (Å²) >= 11 is 3.70. The predicted octanol–water partition coefficient (Wildman–Crippen LogP) is 2.43. The molecule has 0 saturated carbocycles. The number of nitrogens with two attached hydrogens (primary N) is 1. The lowest BCUT2D eigenvalue weighted by Crippen LogP contribution is -2.24. The van der Waals surface area contributed by atoms with Crippen LogP contribution in [0.2, 0.25) is 0 Å². The van der Waals surface area contributed by atoms with E-state index in [1.165, 1.54) is 5.56 Å². The lowest BCUT2D eigenvalue weighted by Gasteiger charge is -2.20. The van der Waals surface area contributed by atoms with Crippen LogP contribution in [0.15, 0.2) is 16.8 Å². The second-order valence-electron chi connectivity index (χ2n) is 4.01. The Morgan fingerprint density at radius 1 is 1.53 bits per heavy atom. The normalized spacial score (nSPS) is 15.5. The monoisotopic (exact) mass is 244 g/mol. The SMILES string of the molecule is CC(N)C(SCCN(C)C)c1ccsc1. The van der Waals surface area contributed by atoms with E-state index in [-0.39, 0.29) is 6.04 Å². The number of hydrogen-bond donors (Lipinski definition) is 1. The summed E-state index contributed by atoms with van der Waals surface area (Å²) in [6.07, 6.45) is 0. The molecule has 86 valence electrons. The smallest absolute Gasteiger partial charge is 0.0454 e. The Labute approximate surface area is 101 Å². The first-order valence-electron chi connectivity index (χ1n) is 5.15. The summed E-state index contributed by atoms with van der Waals surface area (Å²) in [6.45, 7) is 3.20. The maximum Gasteiger partial charge on any atom is 0.0454 e. The summed E-state index contributed by atoms with van der Waals surface area (Å²) in [5, 5.41) is 4.77. The van der Waals surface area contributed by atoms with Gasteiger partial charge in [-0.25, -0.2) is 0 Å². The molecule has 1 aromatic heterocycles. The number of nitrogens with zero attached hydrogens (tertiary/aromatic N) is 1. The molecule has 0 spiro atoms. The Morgan fingerprint density at radius 3 is 2.73 bits per heavy atom. The van der Waals surface area contributed by atoms with Crippen molar-refractivity contribution >= 4 is 23.1 Å². The maximum atomic E-state index is 6.01. The van der Waals surface area contributed by atoms with Gasteiger partial charge in [0, 0.05) is 23.6 Å². The standard InChI is InChI=1S/C11H20N2S2/c1-9(12)11(10-4-6-14-8-10)15-7-5-13(2)3/h4,6,8-9,11H,5,7,12H2,1-3H3. The quantitative estimate of drug-likeness (QED) is 0.833. The molecule has 2 atom stereocenters. The molecule has 2 N–H and O–H groups in total. The van der Waals surface area contributed by atoms with Gasteiger partial charge < -0.3 is 10.6 Å². The van der Waals surface area contributed by atoms with E-state index < -0.39 is 0 Å². The third kappa shape index (κ3) is 4.55. The Hall–Kier alpha value is -0.0300. The van der Waals surface area contributed by atoms with Gasteiger partial charge in [0.2, 0.25) is 0 Å². The van der Waals surface area contributed by atoms with Crippen molar-refractivity contribution in [2.75, 3.05) is 26.4 Å². The van der Waals surface area contributed by atoms with Crippen LogP contribution in [0.3, 0.4) is 0 Å². The highest BCUT2D eigenvalue weighted by molar-refractivity contribution is 7.99. The van der Waals surface area contributed by atoms with Gasteiger partial charge in [0.15, 0.2) is 0 Å². The molecule has 0 aliphatic rings. The molecule has 0 radical (unpaired) electrons. The molecule has 0 saturated heterocycles. The second-order valence-corrected chi connectivity index (χ2v) is 6.04. The third-order valence-corrected chi connectivity index (χ3v) is 4.37. The van der Waals surface area contributed by atoms with Gasteiger partial charge in [-0.3, -0.25) is 0 Å². The fourth-order valence-corrected chi connectivity index (χ4v) is 3.50. The highest BCUT2D eigenvalue weighted by Gasteiger charge is 2.16. The van der Waals surface area contributed by atoms with Gasteiger partial charge in [-0.05, 0) is 43.4 Å². The average molecular weight is 244 g/mol. The van der Waals surface area contributed by atoms with Gasteiger partial charge in [-0.1, -0.05) is 0 Å². The van der Waals surface area contributed by atoms with Crippen LogP contribution < -0.4 is 5.73 Å². The molecule has 0 bridgehead atoms. The summed E-state index contributed by atoms with van der Waals surface area (Å²) in [7, 11) is 4.21. The second kappa shape index (κ2) is 6.53. The minimum absolute atomic E-state index is 0.215. The lowest BCUT2D eigenvalue weighted by atomic mass is 10.1. The Kier molecular flexibility index (Phi) is 5.68. The van der Waals surface area contributed by atoms with Crippen molar-refractivity contribution in [3.8, 4) is 0 Å². The molecule has 1 aromatic rings. The summed E-state index contributed by atoms with van der Waals surface area (Å²) < 4.78 is 0. The highest BCUT2D eigenvalue weighted by atomic mass is 32.2. The minimum atomic E-state index is 0.215. The fraction of sp³-hybridized carbons (Fsp3) is 0.636. The molecular weight excluding hydrogens is 224 g/mol. The lowest BCUT2D eigenvalue weighted by molar-refractivity contribution is 0.437. The van der Waals surface area contributed by atoms with E-state index in [1.54, 1.807) is 11.3 Å². The van der Waals surface area contributed by atoms with Crippen LogP contribution in [0, 0.1) is 0 Å². The van der Waals surface area contributed by atoms with E-state index in [0.29, 0.717) is 5.25 Å². The summed E-state index contributed by atoms with van der Waals surface area (Å²) in [5.74, 6) is 1.13. The van der Waals surface area contributed by atoms with Gasteiger partial charge in [0.1, 0.15) is 0 Å². The molecule has 0 fully saturated rings. The zero-order valence-corrected chi connectivity index (χ0v) is 11.3. The Morgan fingerprint density at radius 2 is 2.27 bits per heavy atom. The Balaban J connectivity index is 2.45. The molecule has 0 aromatic carbocycles. The van der Waals surface area contributed by atoms with Gasteiger partial charge in [-0.2, -0.15) is 23.1 Å². The molecular formula is C11H20N2S2. The van der Waals surface area contributed by atoms with Crippen molar-refractivity contribution < 1.29 is 0 Å². The first-order valence-corrected chi connectivity index (χ1v) is 7.14. The van der Waals surface area contributed by atoms with Crippen molar-refractivity contribution in [3.05, 3.63) is 22.4 Å². The van der Waals surface area contributed by atoms with E-state index in [9.17, 15) is 0 Å². The van der Waals surface area contributed by atoms with E-state index in [4.69, 9.17) is 5.73 Å². The summed E-state index contributed by atoms with van der Waals surface area (Å²) in [6, 6.07) is 2.40. The fourth-order valence-electron chi connectivity index (χ4n) is 1.35. The molecule has 1 heterocycles. The summed E-state index contributed by atoms with van der Waals surface area (Å²) in [4.78, 5) is 2.21. The largest absolute Gasteiger partial charge is 0.327 e. The van der Waals surface area contributed by atoms with Crippen molar-refractivity contribution in [1.82, 2.24) is 4.90 Å². The van der Waals surface area contributed by atoms with Gasteiger partial charge in [0.05, 0.1) is 0 Å². The van der Waals surface area contributed by atoms with Crippen LogP contribution >= 0.6 is 23.1 Å². The molecule has 15 heavy (non-hydrogen) atoms. The first-order chi connectivity index (χ1) is 7.11. The molecule has 2 nitrogen and oxygen atoms in total. The van der Waals surface area contributed by atoms with Gasteiger partial charge in [0.25, 0.3) is 0 Å². The van der Waals surface area contributed by atoms with Crippen LogP contribution in [0.25, 0.3) is 0 Å². The predicted molar refractivity (Wildman–Crippen MR) is 71.7 cm³/mol. The topological polar surface area (TPSA) is 29.3 Å². The number of thiophene rings is 1. The van der Waals surface area contributed by atoms with Crippen molar-refractivity contribution in [1.29, 1.82) is 0 Å². The molecule has 0 aliphatic carbocycles. The van der Waals surface area contributed by atoms with Gasteiger partial charge in [-0.15, -0.1) is 0 Å². The zero-order valence-electron chi connectivity index (χ0n) is 9.64. The van der Waals surface area contributed by atoms with E-state index in [1.807, 2.05) is 11.8 Å². The third-order valence-electron chi connectivity index (χ3n) is 2.19. The molecule has 4 heteroatoms. The van der Waals surface area contributed by atoms with Crippen LogP contribution in [-0.4, -0.2) is 37.3 Å². The molecule has 2 unspecified atom stereocenters. The van der Waals surface area contributed by atoms with Crippen LogP contribution in [0.1, 0.15) is 17.7 Å². The molecule has 0 amide bonds. The van der Waals surface area contributed by atoms with E-state index >= 15 is 0 Å². The van der Waals surface area contributed by atoms with E-state index in [0.717, 1.165) is 12.3 Å². The number of hydrogen-bond acceptors (Lipinski definition) is 4.